The highest BCUT2D eigenvalue weighted by Gasteiger charge is 2.09. The van der Waals surface area contributed by atoms with E-state index in [0.717, 1.165) is 51.6 Å². The van der Waals surface area contributed by atoms with Gasteiger partial charge in [0.05, 0.1) is 19.8 Å². The van der Waals surface area contributed by atoms with E-state index in [9.17, 15) is 0 Å². The highest BCUT2D eigenvalue weighted by atomic mass is 16.5. The molecule has 1 aromatic rings. The van der Waals surface area contributed by atoms with Crippen molar-refractivity contribution in [2.45, 2.75) is 20.3 Å². The molecular formula is C15H26N4O2. The molecular weight excluding hydrogens is 268 g/mol. The number of nitrogens with zero attached hydrogens (tertiary/aromatic N) is 3. The summed E-state index contributed by atoms with van der Waals surface area (Å²) in [4.78, 5) is 10.8. The number of hydrogen-bond donors (Lipinski definition) is 1. The lowest BCUT2D eigenvalue weighted by atomic mass is 10.2. The summed E-state index contributed by atoms with van der Waals surface area (Å²) in [5.74, 6) is 1.95. The summed E-state index contributed by atoms with van der Waals surface area (Å²) in [6.07, 6.45) is 2.63. The number of morpholine rings is 1. The first-order valence-electron chi connectivity index (χ1n) is 7.73. The molecule has 1 saturated heterocycles. The summed E-state index contributed by atoms with van der Waals surface area (Å²) in [5.41, 5.74) is 0. The van der Waals surface area contributed by atoms with Gasteiger partial charge in [-0.05, 0) is 18.9 Å². The molecule has 0 amide bonds. The number of nitrogens with one attached hydrogen (secondary N) is 1. The standard InChI is InChI=1S/C15H26N4O2/c1-13(2)11-21-15-10-14(17-12-18-15)16-4-3-5-19-6-8-20-9-7-19/h10,12-13H,3-9,11H2,1-2H3,(H,16,17,18). The predicted octanol–water partition coefficient (Wildman–Crippen LogP) is 1.65. The fraction of sp³-hybridized carbons (Fsp3) is 0.733. The van der Waals surface area contributed by atoms with Gasteiger partial charge in [0.1, 0.15) is 12.1 Å². The molecule has 0 aromatic carbocycles. The summed E-state index contributed by atoms with van der Waals surface area (Å²) >= 11 is 0. The Kier molecular flexibility index (Phi) is 6.69. The van der Waals surface area contributed by atoms with Crippen LogP contribution in [-0.2, 0) is 4.74 Å². The third-order valence-electron chi connectivity index (χ3n) is 3.27. The van der Waals surface area contributed by atoms with Gasteiger partial charge in [-0.3, -0.25) is 4.90 Å². The second-order valence-corrected chi connectivity index (χ2v) is 5.68. The number of hydrogen-bond acceptors (Lipinski definition) is 6. The first-order chi connectivity index (χ1) is 10.2. The minimum atomic E-state index is 0.491. The van der Waals surface area contributed by atoms with E-state index < -0.39 is 0 Å². The van der Waals surface area contributed by atoms with Crippen molar-refractivity contribution in [1.29, 1.82) is 0 Å². The quantitative estimate of drug-likeness (QED) is 0.736. The fourth-order valence-corrected chi connectivity index (χ4v) is 2.11. The maximum absolute atomic E-state index is 5.60. The highest BCUT2D eigenvalue weighted by Crippen LogP contribution is 2.12. The maximum Gasteiger partial charge on any atom is 0.218 e. The zero-order valence-electron chi connectivity index (χ0n) is 13.0. The molecule has 6 heteroatoms. The molecule has 0 radical (unpaired) electrons. The van der Waals surface area contributed by atoms with Gasteiger partial charge < -0.3 is 14.8 Å². The molecule has 1 aliphatic rings. The Bertz CT molecular complexity index is 408. The van der Waals surface area contributed by atoms with Crippen molar-refractivity contribution < 1.29 is 9.47 Å². The van der Waals surface area contributed by atoms with Crippen molar-refractivity contribution in [3.63, 3.8) is 0 Å². The average Bonchev–Trinajstić information content (AvgIpc) is 2.51. The lowest BCUT2D eigenvalue weighted by molar-refractivity contribution is 0.0378. The van der Waals surface area contributed by atoms with Crippen molar-refractivity contribution >= 4 is 5.82 Å². The van der Waals surface area contributed by atoms with Crippen molar-refractivity contribution in [1.82, 2.24) is 14.9 Å². The Hall–Kier alpha value is -1.40. The summed E-state index contributed by atoms with van der Waals surface area (Å²) in [5, 5.41) is 3.32. The molecule has 0 unspecified atom stereocenters. The molecule has 6 nitrogen and oxygen atoms in total. The van der Waals surface area contributed by atoms with E-state index in [1.165, 1.54) is 0 Å². The van der Waals surface area contributed by atoms with Gasteiger partial charge in [-0.25, -0.2) is 9.97 Å². The predicted molar refractivity (Wildman–Crippen MR) is 82.7 cm³/mol. The minimum absolute atomic E-state index is 0.491. The van der Waals surface area contributed by atoms with E-state index in [1.807, 2.05) is 6.07 Å². The van der Waals surface area contributed by atoms with Crippen LogP contribution >= 0.6 is 0 Å². The Labute approximate surface area is 126 Å². The Morgan fingerprint density at radius 1 is 1.33 bits per heavy atom. The molecule has 1 fully saturated rings. The molecule has 1 aliphatic heterocycles. The molecule has 21 heavy (non-hydrogen) atoms. The molecule has 0 aliphatic carbocycles. The molecule has 0 atom stereocenters. The summed E-state index contributed by atoms with van der Waals surface area (Å²) in [7, 11) is 0. The van der Waals surface area contributed by atoms with Crippen LogP contribution in [0.1, 0.15) is 20.3 Å². The number of rotatable bonds is 8. The SMILES string of the molecule is CC(C)COc1cc(NCCCN2CCOCC2)ncn1. The van der Waals surface area contributed by atoms with Gasteiger partial charge >= 0.3 is 0 Å². The largest absolute Gasteiger partial charge is 0.477 e. The number of ether oxygens (including phenoxy) is 2. The maximum atomic E-state index is 5.60. The van der Waals surface area contributed by atoms with Crippen LogP contribution in [0.2, 0.25) is 0 Å². The van der Waals surface area contributed by atoms with Crippen LogP contribution in [0, 0.1) is 5.92 Å². The van der Waals surface area contributed by atoms with Crippen LogP contribution in [0.4, 0.5) is 5.82 Å². The van der Waals surface area contributed by atoms with Gasteiger partial charge in [0.15, 0.2) is 0 Å². The number of aromatic nitrogens is 2. The lowest BCUT2D eigenvalue weighted by Crippen LogP contribution is -2.37. The monoisotopic (exact) mass is 294 g/mol. The first kappa shape index (κ1) is 16.0. The highest BCUT2D eigenvalue weighted by molar-refractivity contribution is 5.36. The van der Waals surface area contributed by atoms with Crippen LogP contribution in [0.5, 0.6) is 5.88 Å². The molecule has 0 spiro atoms. The van der Waals surface area contributed by atoms with Crippen LogP contribution in [0.3, 0.4) is 0 Å². The third-order valence-corrected chi connectivity index (χ3v) is 3.27. The van der Waals surface area contributed by atoms with Gasteiger partial charge in [0, 0.05) is 25.7 Å². The molecule has 0 bridgehead atoms. The topological polar surface area (TPSA) is 59.5 Å². The van der Waals surface area contributed by atoms with Gasteiger partial charge in [-0.1, -0.05) is 13.8 Å². The van der Waals surface area contributed by atoms with E-state index in [-0.39, 0.29) is 0 Å². The van der Waals surface area contributed by atoms with Crippen molar-refractivity contribution in [2.75, 3.05) is 51.3 Å². The van der Waals surface area contributed by atoms with E-state index in [2.05, 4.69) is 34.0 Å². The van der Waals surface area contributed by atoms with Gasteiger partial charge in [0.2, 0.25) is 5.88 Å². The van der Waals surface area contributed by atoms with Gasteiger partial charge in [0.25, 0.3) is 0 Å². The first-order valence-corrected chi connectivity index (χ1v) is 7.73. The molecule has 1 N–H and O–H groups in total. The van der Waals surface area contributed by atoms with E-state index >= 15 is 0 Å². The van der Waals surface area contributed by atoms with Crippen molar-refractivity contribution in [3.8, 4) is 5.88 Å². The Balaban J connectivity index is 1.66. The van der Waals surface area contributed by atoms with Crippen LogP contribution in [0.25, 0.3) is 0 Å². The molecule has 1 aromatic heterocycles. The smallest absolute Gasteiger partial charge is 0.218 e. The third kappa shape index (κ3) is 6.27. The lowest BCUT2D eigenvalue weighted by Gasteiger charge is -2.26. The molecule has 2 rings (SSSR count). The fourth-order valence-electron chi connectivity index (χ4n) is 2.11. The average molecular weight is 294 g/mol. The molecule has 0 saturated carbocycles. The van der Waals surface area contributed by atoms with E-state index in [1.54, 1.807) is 6.33 Å². The normalized spacial score (nSPS) is 16.1. The second-order valence-electron chi connectivity index (χ2n) is 5.68. The van der Waals surface area contributed by atoms with E-state index in [4.69, 9.17) is 9.47 Å². The molecule has 2 heterocycles. The zero-order valence-corrected chi connectivity index (χ0v) is 13.0. The van der Waals surface area contributed by atoms with Crippen molar-refractivity contribution in [2.24, 2.45) is 5.92 Å². The van der Waals surface area contributed by atoms with Crippen LogP contribution < -0.4 is 10.1 Å². The summed E-state index contributed by atoms with van der Waals surface area (Å²) in [6.45, 7) is 10.7. The number of anilines is 1. The van der Waals surface area contributed by atoms with Gasteiger partial charge in [-0.15, -0.1) is 0 Å². The minimum Gasteiger partial charge on any atom is -0.477 e. The molecule has 118 valence electrons. The summed E-state index contributed by atoms with van der Waals surface area (Å²) < 4.78 is 10.9. The van der Waals surface area contributed by atoms with Gasteiger partial charge in [-0.2, -0.15) is 0 Å². The van der Waals surface area contributed by atoms with E-state index in [0.29, 0.717) is 18.4 Å². The zero-order chi connectivity index (χ0) is 14.9. The van der Waals surface area contributed by atoms with Crippen LogP contribution in [-0.4, -0.2) is 60.9 Å². The Morgan fingerprint density at radius 3 is 2.90 bits per heavy atom. The van der Waals surface area contributed by atoms with Crippen molar-refractivity contribution in [3.05, 3.63) is 12.4 Å². The van der Waals surface area contributed by atoms with Crippen LogP contribution in [0.15, 0.2) is 12.4 Å². The second kappa shape index (κ2) is 8.79. The Morgan fingerprint density at radius 2 is 2.14 bits per heavy atom. The summed E-state index contributed by atoms with van der Waals surface area (Å²) in [6, 6.07) is 1.86.